The van der Waals surface area contributed by atoms with E-state index in [9.17, 15) is 4.79 Å². The van der Waals surface area contributed by atoms with E-state index < -0.39 is 5.60 Å². The predicted molar refractivity (Wildman–Crippen MR) is 90.5 cm³/mol. The minimum atomic E-state index is -0.454. The van der Waals surface area contributed by atoms with Crippen LogP contribution < -0.4 is 0 Å². The molecule has 3 heterocycles. The fraction of sp³-hybridized carbons (Fsp3) is 0.562. The van der Waals surface area contributed by atoms with Gasteiger partial charge in [0, 0.05) is 29.7 Å². The number of likely N-dealkylation sites (tertiary alicyclic amines) is 1. The van der Waals surface area contributed by atoms with Crippen LogP contribution in [0.5, 0.6) is 0 Å². The summed E-state index contributed by atoms with van der Waals surface area (Å²) in [7, 11) is 0. The molecular weight excluding hydrogens is 360 g/mol. The van der Waals surface area contributed by atoms with Crippen molar-refractivity contribution in [2.45, 2.75) is 45.1 Å². The van der Waals surface area contributed by atoms with Gasteiger partial charge in [-0.2, -0.15) is 5.10 Å². The molecule has 1 aliphatic heterocycles. The lowest BCUT2D eigenvalue weighted by Crippen LogP contribution is -2.41. The van der Waals surface area contributed by atoms with Gasteiger partial charge in [-0.25, -0.2) is 14.3 Å². The lowest BCUT2D eigenvalue weighted by Gasteiger charge is -2.32. The summed E-state index contributed by atoms with van der Waals surface area (Å²) >= 11 is 3.44. The molecule has 3 rings (SSSR count). The van der Waals surface area contributed by atoms with E-state index in [0.29, 0.717) is 13.1 Å². The zero-order valence-corrected chi connectivity index (χ0v) is 15.2. The lowest BCUT2D eigenvalue weighted by molar-refractivity contribution is 0.0203. The Balaban J connectivity index is 1.65. The molecule has 0 N–H and O–H groups in total. The Morgan fingerprint density at radius 3 is 2.65 bits per heavy atom. The number of piperidine rings is 1. The van der Waals surface area contributed by atoms with Gasteiger partial charge in [0.2, 0.25) is 0 Å². The van der Waals surface area contributed by atoms with E-state index in [1.807, 2.05) is 39.1 Å². The number of aromatic nitrogens is 3. The van der Waals surface area contributed by atoms with Gasteiger partial charge >= 0.3 is 6.09 Å². The van der Waals surface area contributed by atoms with Gasteiger partial charge in [-0.1, -0.05) is 0 Å². The summed E-state index contributed by atoms with van der Waals surface area (Å²) < 4.78 is 8.19. The molecule has 23 heavy (non-hydrogen) atoms. The van der Waals surface area contributed by atoms with Crippen LogP contribution in [-0.4, -0.2) is 44.3 Å². The van der Waals surface area contributed by atoms with Crippen molar-refractivity contribution in [3.63, 3.8) is 0 Å². The number of halogens is 1. The maximum Gasteiger partial charge on any atom is 0.410 e. The highest BCUT2D eigenvalue weighted by molar-refractivity contribution is 9.10. The Labute approximate surface area is 144 Å². The molecule has 2 aromatic rings. The molecule has 7 heteroatoms. The smallest absolute Gasteiger partial charge is 0.410 e. The van der Waals surface area contributed by atoms with Crippen LogP contribution in [-0.2, 0) is 4.74 Å². The second-order valence-electron chi connectivity index (χ2n) is 6.86. The van der Waals surface area contributed by atoms with Crippen LogP contribution in [0.2, 0.25) is 0 Å². The van der Waals surface area contributed by atoms with E-state index in [4.69, 9.17) is 4.74 Å². The Morgan fingerprint density at radius 2 is 2.00 bits per heavy atom. The Bertz CT molecular complexity index is 714. The molecule has 0 aliphatic carbocycles. The van der Waals surface area contributed by atoms with Crippen LogP contribution in [0, 0.1) is 0 Å². The highest BCUT2D eigenvalue weighted by atomic mass is 79.9. The van der Waals surface area contributed by atoms with Gasteiger partial charge in [0.25, 0.3) is 0 Å². The maximum atomic E-state index is 12.1. The lowest BCUT2D eigenvalue weighted by atomic mass is 9.96. The van der Waals surface area contributed by atoms with Crippen molar-refractivity contribution in [3.05, 3.63) is 28.6 Å². The molecule has 1 saturated heterocycles. The van der Waals surface area contributed by atoms with Crippen LogP contribution in [0.4, 0.5) is 4.79 Å². The first-order valence-electron chi connectivity index (χ1n) is 7.81. The SMILES string of the molecule is CC(C)(C)OC(=O)N1CCC(c2nc3ccc(Br)cn3n2)CC1. The highest BCUT2D eigenvalue weighted by Crippen LogP contribution is 2.27. The first-order valence-corrected chi connectivity index (χ1v) is 8.61. The van der Waals surface area contributed by atoms with Crippen molar-refractivity contribution in [2.75, 3.05) is 13.1 Å². The molecular formula is C16H21BrN4O2. The summed E-state index contributed by atoms with van der Waals surface area (Å²) in [5.41, 5.74) is 0.391. The zero-order chi connectivity index (χ0) is 16.6. The van der Waals surface area contributed by atoms with Crippen LogP contribution in [0.15, 0.2) is 22.8 Å². The standard InChI is InChI=1S/C16H21BrN4O2/c1-16(2,3)23-15(22)20-8-6-11(7-9-20)14-18-13-5-4-12(17)10-21(13)19-14/h4-5,10-11H,6-9H2,1-3H3. The molecule has 124 valence electrons. The third kappa shape index (κ3) is 3.83. The second kappa shape index (κ2) is 6.11. The van der Waals surface area contributed by atoms with Crippen LogP contribution in [0.25, 0.3) is 5.65 Å². The van der Waals surface area contributed by atoms with Crippen molar-refractivity contribution >= 4 is 27.7 Å². The quantitative estimate of drug-likeness (QED) is 0.757. The number of nitrogens with zero attached hydrogens (tertiary/aromatic N) is 4. The van der Waals surface area contributed by atoms with Gasteiger partial charge in [-0.05, 0) is 61.7 Å². The molecule has 0 aromatic carbocycles. The monoisotopic (exact) mass is 380 g/mol. The molecule has 6 nitrogen and oxygen atoms in total. The highest BCUT2D eigenvalue weighted by Gasteiger charge is 2.29. The minimum Gasteiger partial charge on any atom is -0.444 e. The molecule has 0 spiro atoms. The topological polar surface area (TPSA) is 59.7 Å². The van der Waals surface area contributed by atoms with Gasteiger partial charge in [0.1, 0.15) is 5.60 Å². The van der Waals surface area contributed by atoms with Gasteiger partial charge < -0.3 is 9.64 Å². The number of hydrogen-bond donors (Lipinski definition) is 0. The average molecular weight is 381 g/mol. The predicted octanol–water partition coefficient (Wildman–Crippen LogP) is 3.61. The van der Waals surface area contributed by atoms with Gasteiger partial charge in [-0.15, -0.1) is 0 Å². The number of amides is 1. The maximum absolute atomic E-state index is 12.1. The van der Waals surface area contributed by atoms with Crippen molar-refractivity contribution in [3.8, 4) is 0 Å². The molecule has 1 aliphatic rings. The van der Waals surface area contributed by atoms with E-state index >= 15 is 0 Å². The van der Waals surface area contributed by atoms with Crippen molar-refractivity contribution < 1.29 is 9.53 Å². The van der Waals surface area contributed by atoms with E-state index in [1.165, 1.54) is 0 Å². The van der Waals surface area contributed by atoms with Crippen LogP contribution >= 0.6 is 15.9 Å². The molecule has 0 radical (unpaired) electrons. The van der Waals surface area contributed by atoms with Crippen molar-refractivity contribution in [1.29, 1.82) is 0 Å². The molecule has 1 fully saturated rings. The molecule has 1 amide bonds. The van der Waals surface area contributed by atoms with Crippen LogP contribution in [0.3, 0.4) is 0 Å². The van der Waals surface area contributed by atoms with Gasteiger partial charge in [-0.3, -0.25) is 0 Å². The second-order valence-corrected chi connectivity index (χ2v) is 7.78. The molecule has 0 unspecified atom stereocenters. The number of carbonyl (C=O) groups excluding carboxylic acids is 1. The zero-order valence-electron chi connectivity index (χ0n) is 13.6. The van der Waals surface area contributed by atoms with Gasteiger partial charge in [0.05, 0.1) is 0 Å². The van der Waals surface area contributed by atoms with Gasteiger partial charge in [0.15, 0.2) is 11.5 Å². The first kappa shape index (κ1) is 16.2. The average Bonchev–Trinajstić information content (AvgIpc) is 2.88. The summed E-state index contributed by atoms with van der Waals surface area (Å²) in [6.45, 7) is 7.01. The summed E-state index contributed by atoms with van der Waals surface area (Å²) in [5.74, 6) is 1.14. The summed E-state index contributed by atoms with van der Waals surface area (Å²) in [6, 6.07) is 3.90. The fourth-order valence-electron chi connectivity index (χ4n) is 2.69. The van der Waals surface area contributed by atoms with E-state index in [1.54, 1.807) is 9.42 Å². The molecule has 0 saturated carbocycles. The Kier molecular flexibility index (Phi) is 4.31. The van der Waals surface area contributed by atoms with E-state index in [2.05, 4.69) is 26.0 Å². The van der Waals surface area contributed by atoms with Crippen molar-refractivity contribution in [1.82, 2.24) is 19.5 Å². The summed E-state index contributed by atoms with van der Waals surface area (Å²) in [5, 5.41) is 4.57. The minimum absolute atomic E-state index is 0.233. The molecule has 2 aromatic heterocycles. The fourth-order valence-corrected chi connectivity index (χ4v) is 3.02. The number of rotatable bonds is 1. The number of pyridine rings is 1. The number of ether oxygens (including phenoxy) is 1. The normalized spacial score (nSPS) is 16.8. The van der Waals surface area contributed by atoms with E-state index in [-0.39, 0.29) is 12.0 Å². The largest absolute Gasteiger partial charge is 0.444 e. The van der Waals surface area contributed by atoms with Crippen molar-refractivity contribution in [2.24, 2.45) is 0 Å². The van der Waals surface area contributed by atoms with Crippen LogP contribution in [0.1, 0.15) is 45.4 Å². The Morgan fingerprint density at radius 1 is 1.30 bits per heavy atom. The van der Waals surface area contributed by atoms with E-state index in [0.717, 1.165) is 28.8 Å². The third-order valence-corrected chi connectivity index (χ3v) is 4.29. The summed E-state index contributed by atoms with van der Waals surface area (Å²) in [6.07, 6.45) is 3.39. The number of fused-ring (bicyclic) bond motifs is 1. The molecule has 0 atom stereocenters. The Hall–Kier alpha value is -1.63. The number of carbonyl (C=O) groups is 1. The molecule has 0 bridgehead atoms. The number of hydrogen-bond acceptors (Lipinski definition) is 4. The first-order chi connectivity index (χ1) is 10.8. The summed E-state index contributed by atoms with van der Waals surface area (Å²) in [4.78, 5) is 18.5. The third-order valence-electron chi connectivity index (χ3n) is 3.82.